The van der Waals surface area contributed by atoms with Crippen LogP contribution in [0.15, 0.2) is 12.4 Å². The van der Waals surface area contributed by atoms with Crippen LogP contribution in [-0.4, -0.2) is 29.1 Å². The number of aromatic nitrogens is 2. The Morgan fingerprint density at radius 1 is 1.56 bits per heavy atom. The van der Waals surface area contributed by atoms with Crippen molar-refractivity contribution >= 4 is 5.91 Å². The third-order valence-electron chi connectivity index (χ3n) is 2.16. The second-order valence-corrected chi connectivity index (χ2v) is 4.20. The zero-order valence-electron chi connectivity index (χ0n) is 10.2. The Morgan fingerprint density at radius 2 is 2.31 bits per heavy atom. The number of imidazole rings is 1. The minimum absolute atomic E-state index is 0.0315. The zero-order valence-corrected chi connectivity index (χ0v) is 10.2. The van der Waals surface area contributed by atoms with Crippen LogP contribution in [0.1, 0.15) is 19.7 Å². The quantitative estimate of drug-likeness (QED) is 0.734. The fraction of sp³-hybridized carbons (Fsp3) is 0.636. The number of hydrogen-bond acceptors (Lipinski definition) is 3. The summed E-state index contributed by atoms with van der Waals surface area (Å²) >= 11 is 0. The molecule has 0 spiro atoms. The topological polar surface area (TPSA) is 59.0 Å². The van der Waals surface area contributed by atoms with Crippen LogP contribution in [0.4, 0.5) is 0 Å². The van der Waals surface area contributed by atoms with Gasteiger partial charge in [0.1, 0.15) is 12.4 Å². The standard InChI is InChI=1S/C11H20N4O/c1-9(2)6-14-11(16)8-15-5-4-13-10(15)7-12-3/h4-5,9,12H,6-8H2,1-3H3,(H,14,16). The van der Waals surface area contributed by atoms with Gasteiger partial charge in [-0.1, -0.05) is 13.8 Å². The molecule has 0 aliphatic carbocycles. The predicted octanol–water partition coefficient (Wildman–Crippen LogP) is 0.375. The molecule has 1 amide bonds. The average Bonchev–Trinajstić information content (AvgIpc) is 2.63. The van der Waals surface area contributed by atoms with Crippen molar-refractivity contribution in [2.24, 2.45) is 5.92 Å². The molecule has 1 aromatic rings. The first-order valence-electron chi connectivity index (χ1n) is 5.54. The van der Waals surface area contributed by atoms with Gasteiger partial charge in [-0.25, -0.2) is 4.98 Å². The number of hydrogen-bond donors (Lipinski definition) is 2. The second-order valence-electron chi connectivity index (χ2n) is 4.20. The van der Waals surface area contributed by atoms with Crippen molar-refractivity contribution in [3.05, 3.63) is 18.2 Å². The van der Waals surface area contributed by atoms with E-state index in [9.17, 15) is 4.79 Å². The molecule has 0 aromatic carbocycles. The van der Waals surface area contributed by atoms with Gasteiger partial charge in [-0.05, 0) is 13.0 Å². The summed E-state index contributed by atoms with van der Waals surface area (Å²) < 4.78 is 1.85. The Kier molecular flexibility index (Phi) is 4.98. The molecule has 1 heterocycles. The highest BCUT2D eigenvalue weighted by Gasteiger charge is 2.06. The maximum Gasteiger partial charge on any atom is 0.239 e. The molecule has 0 saturated carbocycles. The Morgan fingerprint density at radius 3 is 2.94 bits per heavy atom. The van der Waals surface area contributed by atoms with E-state index in [1.807, 2.05) is 17.8 Å². The third-order valence-corrected chi connectivity index (χ3v) is 2.16. The lowest BCUT2D eigenvalue weighted by Gasteiger charge is -2.10. The molecule has 0 aliphatic heterocycles. The molecule has 0 unspecified atom stereocenters. The van der Waals surface area contributed by atoms with E-state index in [1.165, 1.54) is 0 Å². The van der Waals surface area contributed by atoms with Crippen LogP contribution in [0.2, 0.25) is 0 Å². The molecule has 0 aliphatic rings. The van der Waals surface area contributed by atoms with Crippen molar-refractivity contribution in [2.75, 3.05) is 13.6 Å². The van der Waals surface area contributed by atoms with E-state index >= 15 is 0 Å². The molecule has 0 atom stereocenters. The number of amides is 1. The third kappa shape index (κ3) is 4.02. The zero-order chi connectivity index (χ0) is 12.0. The van der Waals surface area contributed by atoms with Crippen LogP contribution in [0.25, 0.3) is 0 Å². The minimum Gasteiger partial charge on any atom is -0.354 e. The molecule has 16 heavy (non-hydrogen) atoms. The lowest BCUT2D eigenvalue weighted by atomic mass is 10.2. The lowest BCUT2D eigenvalue weighted by molar-refractivity contribution is -0.121. The molecule has 0 fully saturated rings. The number of rotatable bonds is 6. The van der Waals surface area contributed by atoms with Gasteiger partial charge in [0, 0.05) is 18.9 Å². The second kappa shape index (κ2) is 6.27. The van der Waals surface area contributed by atoms with E-state index in [4.69, 9.17) is 0 Å². The van der Waals surface area contributed by atoms with Crippen LogP contribution in [0, 0.1) is 5.92 Å². The van der Waals surface area contributed by atoms with Crippen LogP contribution in [0.3, 0.4) is 0 Å². The van der Waals surface area contributed by atoms with Crippen LogP contribution in [-0.2, 0) is 17.9 Å². The first-order valence-corrected chi connectivity index (χ1v) is 5.54. The fourth-order valence-corrected chi connectivity index (χ4v) is 1.34. The monoisotopic (exact) mass is 224 g/mol. The van der Waals surface area contributed by atoms with Crippen LogP contribution >= 0.6 is 0 Å². The Labute approximate surface area is 96.3 Å². The summed E-state index contributed by atoms with van der Waals surface area (Å²) in [6.07, 6.45) is 3.53. The number of nitrogens with zero attached hydrogens (tertiary/aromatic N) is 2. The molecule has 0 radical (unpaired) electrons. The first kappa shape index (κ1) is 12.7. The van der Waals surface area contributed by atoms with Gasteiger partial charge in [0.15, 0.2) is 0 Å². The van der Waals surface area contributed by atoms with Crippen LogP contribution in [0.5, 0.6) is 0 Å². The molecule has 90 valence electrons. The number of carbonyl (C=O) groups is 1. The molecule has 5 heteroatoms. The van der Waals surface area contributed by atoms with Crippen molar-refractivity contribution < 1.29 is 4.79 Å². The Hall–Kier alpha value is -1.36. The normalized spacial score (nSPS) is 10.8. The maximum absolute atomic E-state index is 11.6. The summed E-state index contributed by atoms with van der Waals surface area (Å²) in [4.78, 5) is 15.8. The molecule has 5 nitrogen and oxygen atoms in total. The summed E-state index contributed by atoms with van der Waals surface area (Å²) in [5, 5.41) is 5.90. The van der Waals surface area contributed by atoms with Gasteiger partial charge < -0.3 is 15.2 Å². The van der Waals surface area contributed by atoms with E-state index in [-0.39, 0.29) is 5.91 Å². The summed E-state index contributed by atoms with van der Waals surface area (Å²) in [6, 6.07) is 0. The summed E-state index contributed by atoms with van der Waals surface area (Å²) in [7, 11) is 1.86. The number of carbonyl (C=O) groups excluding carboxylic acids is 1. The maximum atomic E-state index is 11.6. The van der Waals surface area contributed by atoms with Gasteiger partial charge >= 0.3 is 0 Å². The smallest absolute Gasteiger partial charge is 0.239 e. The van der Waals surface area contributed by atoms with E-state index in [1.54, 1.807) is 6.20 Å². The van der Waals surface area contributed by atoms with Gasteiger partial charge in [-0.3, -0.25) is 4.79 Å². The van der Waals surface area contributed by atoms with Gasteiger partial charge in [0.25, 0.3) is 0 Å². The van der Waals surface area contributed by atoms with Gasteiger partial charge in [-0.2, -0.15) is 0 Å². The molecular formula is C11H20N4O. The van der Waals surface area contributed by atoms with Gasteiger partial charge in [0.2, 0.25) is 5.91 Å². The SMILES string of the molecule is CNCc1nccn1CC(=O)NCC(C)C. The van der Waals surface area contributed by atoms with Crippen molar-refractivity contribution in [2.45, 2.75) is 26.9 Å². The van der Waals surface area contributed by atoms with Gasteiger partial charge in [0.05, 0.1) is 6.54 Å². The van der Waals surface area contributed by atoms with E-state index in [0.29, 0.717) is 19.0 Å². The molecule has 0 bridgehead atoms. The van der Waals surface area contributed by atoms with E-state index in [2.05, 4.69) is 29.5 Å². The molecule has 2 N–H and O–H groups in total. The van der Waals surface area contributed by atoms with E-state index < -0.39 is 0 Å². The molecule has 1 rings (SSSR count). The predicted molar refractivity (Wildman–Crippen MR) is 62.8 cm³/mol. The summed E-state index contributed by atoms with van der Waals surface area (Å²) in [5.41, 5.74) is 0. The highest BCUT2D eigenvalue weighted by molar-refractivity contribution is 5.75. The largest absolute Gasteiger partial charge is 0.354 e. The van der Waals surface area contributed by atoms with Crippen molar-refractivity contribution in [3.63, 3.8) is 0 Å². The van der Waals surface area contributed by atoms with Crippen LogP contribution < -0.4 is 10.6 Å². The summed E-state index contributed by atoms with van der Waals surface area (Å²) in [6.45, 7) is 5.87. The van der Waals surface area contributed by atoms with Crippen molar-refractivity contribution in [3.8, 4) is 0 Å². The van der Waals surface area contributed by atoms with Crippen molar-refractivity contribution in [1.29, 1.82) is 0 Å². The first-order chi connectivity index (χ1) is 7.63. The van der Waals surface area contributed by atoms with Gasteiger partial charge in [-0.15, -0.1) is 0 Å². The highest BCUT2D eigenvalue weighted by atomic mass is 16.1. The highest BCUT2D eigenvalue weighted by Crippen LogP contribution is 1.97. The fourth-order valence-electron chi connectivity index (χ4n) is 1.34. The lowest BCUT2D eigenvalue weighted by Crippen LogP contribution is -2.31. The Bertz CT molecular complexity index is 332. The molecular weight excluding hydrogens is 204 g/mol. The molecule has 0 saturated heterocycles. The van der Waals surface area contributed by atoms with Crippen molar-refractivity contribution in [1.82, 2.24) is 20.2 Å². The molecule has 1 aromatic heterocycles. The Balaban J connectivity index is 2.46. The minimum atomic E-state index is 0.0315. The summed E-state index contributed by atoms with van der Waals surface area (Å²) in [5.74, 6) is 1.38. The number of nitrogens with one attached hydrogen (secondary N) is 2. The average molecular weight is 224 g/mol. The van der Waals surface area contributed by atoms with E-state index in [0.717, 1.165) is 12.4 Å².